The van der Waals surface area contributed by atoms with E-state index in [4.69, 9.17) is 4.74 Å². The van der Waals surface area contributed by atoms with E-state index in [0.29, 0.717) is 12.0 Å². The van der Waals surface area contributed by atoms with E-state index in [1.54, 1.807) is 0 Å². The number of hydrogen-bond acceptors (Lipinski definition) is 2. The molecule has 2 nitrogen and oxygen atoms in total. The van der Waals surface area contributed by atoms with Gasteiger partial charge in [-0.15, -0.1) is 0 Å². The first-order valence-corrected chi connectivity index (χ1v) is 8.58. The van der Waals surface area contributed by atoms with Gasteiger partial charge >= 0.3 is 0 Å². The molecule has 1 N–H and O–H groups in total. The summed E-state index contributed by atoms with van der Waals surface area (Å²) in [7, 11) is 0. The second kappa shape index (κ2) is 7.84. The molecule has 1 aliphatic rings. The topological polar surface area (TPSA) is 21.3 Å². The number of hydrogen-bond donors (Lipinski definition) is 1. The van der Waals surface area contributed by atoms with Crippen LogP contribution in [0.2, 0.25) is 0 Å². The second-order valence-electron chi connectivity index (χ2n) is 6.67. The van der Waals surface area contributed by atoms with Crippen LogP contribution in [0.25, 0.3) is 0 Å². The summed E-state index contributed by atoms with van der Waals surface area (Å²) in [6, 6.07) is 7.24. The Kier molecular flexibility index (Phi) is 6.10. The normalized spacial score (nSPS) is 22.0. The van der Waals surface area contributed by atoms with Crippen molar-refractivity contribution in [2.75, 3.05) is 13.2 Å². The predicted octanol–water partition coefficient (Wildman–Crippen LogP) is 4.67. The molecule has 0 aliphatic heterocycles. The van der Waals surface area contributed by atoms with E-state index in [1.165, 1.54) is 36.8 Å². The van der Waals surface area contributed by atoms with E-state index < -0.39 is 0 Å². The monoisotopic (exact) mass is 289 g/mol. The molecule has 2 atom stereocenters. The lowest BCUT2D eigenvalue weighted by Crippen LogP contribution is -2.32. The van der Waals surface area contributed by atoms with Gasteiger partial charge in [-0.1, -0.05) is 33.3 Å². The SMILES string of the molecule is CCNC1CCCC1CCOc1ccc(C(C)C)c(C)c1. The minimum atomic E-state index is 0.582. The molecule has 0 aromatic heterocycles. The highest BCUT2D eigenvalue weighted by Crippen LogP contribution is 2.29. The van der Waals surface area contributed by atoms with Crippen LogP contribution in [-0.4, -0.2) is 19.2 Å². The van der Waals surface area contributed by atoms with Crippen molar-refractivity contribution in [2.45, 2.75) is 65.3 Å². The maximum absolute atomic E-state index is 5.98. The first-order chi connectivity index (χ1) is 10.1. The summed E-state index contributed by atoms with van der Waals surface area (Å²) in [5.41, 5.74) is 2.76. The Balaban J connectivity index is 1.82. The van der Waals surface area contributed by atoms with Crippen molar-refractivity contribution in [3.63, 3.8) is 0 Å². The highest BCUT2D eigenvalue weighted by Gasteiger charge is 2.25. The molecule has 0 amide bonds. The van der Waals surface area contributed by atoms with Crippen molar-refractivity contribution in [1.82, 2.24) is 5.32 Å². The van der Waals surface area contributed by atoms with Crippen LogP contribution in [0.15, 0.2) is 18.2 Å². The quantitative estimate of drug-likeness (QED) is 0.788. The maximum atomic E-state index is 5.98. The van der Waals surface area contributed by atoms with Gasteiger partial charge in [0.25, 0.3) is 0 Å². The molecule has 1 aromatic rings. The van der Waals surface area contributed by atoms with Crippen molar-refractivity contribution in [2.24, 2.45) is 5.92 Å². The summed E-state index contributed by atoms with van der Waals surface area (Å²) in [6.07, 6.45) is 5.22. The molecule has 2 rings (SSSR count). The molecule has 1 saturated carbocycles. The van der Waals surface area contributed by atoms with Crippen molar-refractivity contribution >= 4 is 0 Å². The molecule has 0 heterocycles. The summed E-state index contributed by atoms with van der Waals surface area (Å²) in [6.45, 7) is 10.8. The zero-order valence-electron chi connectivity index (χ0n) is 14.1. The smallest absolute Gasteiger partial charge is 0.119 e. The van der Waals surface area contributed by atoms with Crippen LogP contribution in [0, 0.1) is 12.8 Å². The summed E-state index contributed by atoms with van der Waals surface area (Å²) in [4.78, 5) is 0. The van der Waals surface area contributed by atoms with Crippen LogP contribution >= 0.6 is 0 Å². The lowest BCUT2D eigenvalue weighted by molar-refractivity contribution is 0.261. The van der Waals surface area contributed by atoms with Gasteiger partial charge in [-0.3, -0.25) is 0 Å². The van der Waals surface area contributed by atoms with Crippen LogP contribution in [0.4, 0.5) is 0 Å². The molecule has 0 spiro atoms. The average Bonchev–Trinajstić information content (AvgIpc) is 2.86. The molecule has 0 radical (unpaired) electrons. The summed E-state index contributed by atoms with van der Waals surface area (Å²) in [5, 5.41) is 3.62. The van der Waals surface area contributed by atoms with Gasteiger partial charge in [0.05, 0.1) is 6.61 Å². The molecule has 1 aliphatic carbocycles. The van der Waals surface area contributed by atoms with Crippen LogP contribution < -0.4 is 10.1 Å². The predicted molar refractivity (Wildman–Crippen MR) is 90.2 cm³/mol. The number of aryl methyl sites for hydroxylation is 1. The number of rotatable bonds is 7. The van der Waals surface area contributed by atoms with Crippen LogP contribution in [-0.2, 0) is 0 Å². The molecule has 118 valence electrons. The van der Waals surface area contributed by atoms with Crippen LogP contribution in [0.5, 0.6) is 5.75 Å². The van der Waals surface area contributed by atoms with E-state index in [2.05, 4.69) is 51.2 Å². The van der Waals surface area contributed by atoms with Gasteiger partial charge in [0, 0.05) is 6.04 Å². The van der Waals surface area contributed by atoms with Crippen LogP contribution in [0.3, 0.4) is 0 Å². The van der Waals surface area contributed by atoms with Crippen molar-refractivity contribution in [3.8, 4) is 5.75 Å². The number of ether oxygens (including phenoxy) is 1. The Morgan fingerprint density at radius 1 is 1.29 bits per heavy atom. The van der Waals surface area contributed by atoms with E-state index in [0.717, 1.165) is 24.8 Å². The molecule has 0 bridgehead atoms. The Labute approximate surface area is 130 Å². The lowest BCUT2D eigenvalue weighted by Gasteiger charge is -2.20. The van der Waals surface area contributed by atoms with Gasteiger partial charge < -0.3 is 10.1 Å². The van der Waals surface area contributed by atoms with Crippen molar-refractivity contribution in [1.29, 1.82) is 0 Å². The zero-order chi connectivity index (χ0) is 15.2. The highest BCUT2D eigenvalue weighted by atomic mass is 16.5. The van der Waals surface area contributed by atoms with Crippen LogP contribution in [0.1, 0.15) is 63.5 Å². The molecule has 1 fully saturated rings. The van der Waals surface area contributed by atoms with Gasteiger partial charge in [0.2, 0.25) is 0 Å². The summed E-state index contributed by atoms with van der Waals surface area (Å²) in [5.74, 6) is 2.40. The van der Waals surface area contributed by atoms with Gasteiger partial charge in [-0.2, -0.15) is 0 Å². The lowest BCUT2D eigenvalue weighted by atomic mass is 9.98. The second-order valence-corrected chi connectivity index (χ2v) is 6.67. The van der Waals surface area contributed by atoms with Gasteiger partial charge in [-0.25, -0.2) is 0 Å². The van der Waals surface area contributed by atoms with E-state index in [1.807, 2.05) is 0 Å². The third kappa shape index (κ3) is 4.47. The Bertz CT molecular complexity index is 441. The standard InChI is InChI=1S/C19H31NO/c1-5-20-19-8-6-7-16(19)11-12-21-17-9-10-18(14(2)3)15(4)13-17/h9-10,13-14,16,19-20H,5-8,11-12H2,1-4H3. The summed E-state index contributed by atoms with van der Waals surface area (Å²) >= 11 is 0. The average molecular weight is 289 g/mol. The Morgan fingerprint density at radius 3 is 2.76 bits per heavy atom. The largest absolute Gasteiger partial charge is 0.494 e. The molecule has 0 saturated heterocycles. The van der Waals surface area contributed by atoms with Gasteiger partial charge in [0.1, 0.15) is 5.75 Å². The third-order valence-electron chi connectivity index (χ3n) is 4.75. The molecule has 2 unspecified atom stereocenters. The molecular weight excluding hydrogens is 258 g/mol. The Hall–Kier alpha value is -1.02. The minimum Gasteiger partial charge on any atom is -0.494 e. The van der Waals surface area contributed by atoms with E-state index in [-0.39, 0.29) is 0 Å². The van der Waals surface area contributed by atoms with Gasteiger partial charge in [0.15, 0.2) is 0 Å². The van der Waals surface area contributed by atoms with Crippen molar-refractivity contribution < 1.29 is 4.74 Å². The first kappa shape index (κ1) is 16.4. The van der Waals surface area contributed by atoms with E-state index in [9.17, 15) is 0 Å². The first-order valence-electron chi connectivity index (χ1n) is 8.58. The fourth-order valence-corrected chi connectivity index (χ4v) is 3.63. The minimum absolute atomic E-state index is 0.582. The fourth-order valence-electron chi connectivity index (χ4n) is 3.63. The third-order valence-corrected chi connectivity index (χ3v) is 4.75. The van der Waals surface area contributed by atoms with Gasteiger partial charge in [-0.05, 0) is 67.8 Å². The summed E-state index contributed by atoms with van der Waals surface area (Å²) < 4.78 is 5.98. The van der Waals surface area contributed by atoms with E-state index >= 15 is 0 Å². The van der Waals surface area contributed by atoms with Crippen molar-refractivity contribution in [3.05, 3.63) is 29.3 Å². The molecule has 1 aromatic carbocycles. The molecule has 21 heavy (non-hydrogen) atoms. The number of benzene rings is 1. The Morgan fingerprint density at radius 2 is 2.10 bits per heavy atom. The maximum Gasteiger partial charge on any atom is 0.119 e. The fraction of sp³-hybridized carbons (Fsp3) is 0.684. The molecule has 2 heteroatoms. The highest BCUT2D eigenvalue weighted by molar-refractivity contribution is 5.36. The zero-order valence-corrected chi connectivity index (χ0v) is 14.1. The molecular formula is C19H31NO. The number of nitrogens with one attached hydrogen (secondary N) is 1.